The van der Waals surface area contributed by atoms with Crippen molar-refractivity contribution in [2.75, 3.05) is 6.54 Å². The van der Waals surface area contributed by atoms with Gasteiger partial charge < -0.3 is 5.32 Å². The molecular formula is C19H25NO2. The van der Waals surface area contributed by atoms with Gasteiger partial charge in [0, 0.05) is 24.9 Å². The van der Waals surface area contributed by atoms with Crippen LogP contribution < -0.4 is 5.32 Å². The topological polar surface area (TPSA) is 46.2 Å². The number of allylic oxidation sites excluding steroid dienone is 1. The highest BCUT2D eigenvalue weighted by molar-refractivity contribution is 5.98. The maximum atomic E-state index is 12.2. The third kappa shape index (κ3) is 4.83. The molecule has 1 aromatic carbocycles. The SMILES string of the molecule is C/C=C/CCNC(=O)CCC(=O)c1ccc2c(c1)CCCC2. The molecule has 0 spiro atoms. The standard InChI is InChI=1S/C19H25NO2/c1-2-3-6-13-20-19(22)12-11-18(21)17-10-9-15-7-4-5-8-16(15)14-17/h2-3,9-10,14H,4-8,11-13H2,1H3,(H,20,22)/b3-2+. The first-order chi connectivity index (χ1) is 10.7. The molecule has 0 fully saturated rings. The molecule has 0 radical (unpaired) electrons. The van der Waals surface area contributed by atoms with Crippen molar-refractivity contribution in [2.45, 2.75) is 51.9 Å². The lowest BCUT2D eigenvalue weighted by atomic mass is 9.89. The zero-order chi connectivity index (χ0) is 15.8. The predicted octanol–water partition coefficient (Wildman–Crippen LogP) is 3.61. The molecule has 0 heterocycles. The fourth-order valence-electron chi connectivity index (χ4n) is 2.83. The van der Waals surface area contributed by atoms with Gasteiger partial charge >= 0.3 is 0 Å². The number of carbonyl (C=O) groups excluding carboxylic acids is 2. The van der Waals surface area contributed by atoms with Gasteiger partial charge in [-0.25, -0.2) is 0 Å². The Morgan fingerprint density at radius 2 is 1.91 bits per heavy atom. The molecule has 118 valence electrons. The van der Waals surface area contributed by atoms with E-state index in [4.69, 9.17) is 0 Å². The van der Waals surface area contributed by atoms with Crippen molar-refractivity contribution in [3.05, 3.63) is 47.0 Å². The van der Waals surface area contributed by atoms with E-state index in [0.717, 1.165) is 24.8 Å². The number of hydrogen-bond acceptors (Lipinski definition) is 2. The van der Waals surface area contributed by atoms with Crippen LogP contribution in [0.2, 0.25) is 0 Å². The number of Topliss-reactive ketones (excluding diaryl/α,β-unsaturated/α-hetero) is 1. The number of fused-ring (bicyclic) bond motifs is 1. The number of rotatable bonds is 7. The first-order valence-electron chi connectivity index (χ1n) is 8.23. The first kappa shape index (κ1) is 16.5. The summed E-state index contributed by atoms with van der Waals surface area (Å²) in [5, 5.41) is 2.83. The monoisotopic (exact) mass is 299 g/mol. The molecule has 0 saturated carbocycles. The summed E-state index contributed by atoms with van der Waals surface area (Å²) in [4.78, 5) is 23.9. The normalized spacial score (nSPS) is 13.9. The lowest BCUT2D eigenvalue weighted by Crippen LogP contribution is -2.24. The smallest absolute Gasteiger partial charge is 0.220 e. The van der Waals surface area contributed by atoms with E-state index in [2.05, 4.69) is 11.4 Å². The number of nitrogens with one attached hydrogen (secondary N) is 1. The third-order valence-electron chi connectivity index (χ3n) is 4.12. The van der Waals surface area contributed by atoms with Crippen LogP contribution in [-0.2, 0) is 17.6 Å². The number of carbonyl (C=O) groups is 2. The number of amides is 1. The molecule has 1 N–H and O–H groups in total. The van der Waals surface area contributed by atoms with Crippen molar-refractivity contribution in [1.29, 1.82) is 0 Å². The Labute approximate surface area is 132 Å². The van der Waals surface area contributed by atoms with Gasteiger partial charge in [-0.05, 0) is 56.2 Å². The van der Waals surface area contributed by atoms with Gasteiger partial charge in [0.1, 0.15) is 0 Å². The van der Waals surface area contributed by atoms with Crippen LogP contribution in [0.3, 0.4) is 0 Å². The second kappa shape index (κ2) is 8.52. The Kier molecular flexibility index (Phi) is 6.38. The van der Waals surface area contributed by atoms with Crippen LogP contribution in [-0.4, -0.2) is 18.2 Å². The molecule has 22 heavy (non-hydrogen) atoms. The first-order valence-corrected chi connectivity index (χ1v) is 8.23. The van der Waals surface area contributed by atoms with Gasteiger partial charge in [-0.15, -0.1) is 0 Å². The molecule has 0 aromatic heterocycles. The van der Waals surface area contributed by atoms with Gasteiger partial charge in [-0.3, -0.25) is 9.59 Å². The van der Waals surface area contributed by atoms with E-state index in [1.54, 1.807) is 0 Å². The highest BCUT2D eigenvalue weighted by Gasteiger charge is 2.13. The van der Waals surface area contributed by atoms with Crippen molar-refractivity contribution in [3.63, 3.8) is 0 Å². The van der Waals surface area contributed by atoms with Crippen molar-refractivity contribution < 1.29 is 9.59 Å². The summed E-state index contributed by atoms with van der Waals surface area (Å²) < 4.78 is 0. The minimum Gasteiger partial charge on any atom is -0.356 e. The predicted molar refractivity (Wildman–Crippen MR) is 89.1 cm³/mol. The van der Waals surface area contributed by atoms with Gasteiger partial charge in [0.05, 0.1) is 0 Å². The molecule has 1 aliphatic rings. The van der Waals surface area contributed by atoms with Crippen LogP contribution in [0.15, 0.2) is 30.4 Å². The van der Waals surface area contributed by atoms with E-state index in [-0.39, 0.29) is 24.5 Å². The number of hydrogen-bond donors (Lipinski definition) is 1. The molecular weight excluding hydrogens is 274 g/mol. The van der Waals surface area contributed by atoms with Gasteiger partial charge in [-0.2, -0.15) is 0 Å². The Morgan fingerprint density at radius 1 is 1.14 bits per heavy atom. The summed E-state index contributed by atoms with van der Waals surface area (Å²) in [5.74, 6) is 0.0211. The average Bonchev–Trinajstić information content (AvgIpc) is 2.56. The van der Waals surface area contributed by atoms with Crippen molar-refractivity contribution in [1.82, 2.24) is 5.32 Å². The molecule has 1 aliphatic carbocycles. The lowest BCUT2D eigenvalue weighted by Gasteiger charge is -2.16. The highest BCUT2D eigenvalue weighted by Crippen LogP contribution is 2.22. The number of ketones is 1. The quantitative estimate of drug-likeness (QED) is 0.475. The molecule has 0 aliphatic heterocycles. The number of aryl methyl sites for hydroxylation is 2. The average molecular weight is 299 g/mol. The zero-order valence-electron chi connectivity index (χ0n) is 13.4. The Bertz CT molecular complexity index is 561. The van der Waals surface area contributed by atoms with Crippen LogP contribution in [0, 0.1) is 0 Å². The summed E-state index contributed by atoms with van der Waals surface area (Å²) in [6, 6.07) is 6.02. The van der Waals surface area contributed by atoms with E-state index in [1.807, 2.05) is 31.2 Å². The van der Waals surface area contributed by atoms with E-state index in [0.29, 0.717) is 6.54 Å². The van der Waals surface area contributed by atoms with Crippen LogP contribution in [0.25, 0.3) is 0 Å². The molecule has 1 aromatic rings. The second-order valence-electron chi connectivity index (χ2n) is 5.82. The molecule has 1 amide bonds. The summed E-state index contributed by atoms with van der Waals surface area (Å²) >= 11 is 0. The van der Waals surface area contributed by atoms with Gasteiger partial charge in [-0.1, -0.05) is 24.3 Å². The van der Waals surface area contributed by atoms with E-state index in [1.165, 1.54) is 24.0 Å². The summed E-state index contributed by atoms with van der Waals surface area (Å²) in [6.07, 6.45) is 10.0. The van der Waals surface area contributed by atoms with Crippen LogP contribution in [0.5, 0.6) is 0 Å². The third-order valence-corrected chi connectivity index (χ3v) is 4.12. The lowest BCUT2D eigenvalue weighted by molar-refractivity contribution is -0.121. The van der Waals surface area contributed by atoms with Crippen LogP contribution >= 0.6 is 0 Å². The molecule has 0 atom stereocenters. The largest absolute Gasteiger partial charge is 0.356 e. The fourth-order valence-corrected chi connectivity index (χ4v) is 2.83. The highest BCUT2D eigenvalue weighted by atomic mass is 16.2. The summed E-state index contributed by atoms with van der Waals surface area (Å²) in [7, 11) is 0. The molecule has 2 rings (SSSR count). The van der Waals surface area contributed by atoms with E-state index in [9.17, 15) is 9.59 Å². The van der Waals surface area contributed by atoms with Crippen LogP contribution in [0.4, 0.5) is 0 Å². The maximum absolute atomic E-state index is 12.2. The Morgan fingerprint density at radius 3 is 2.68 bits per heavy atom. The minimum absolute atomic E-state index is 0.0455. The second-order valence-corrected chi connectivity index (χ2v) is 5.82. The minimum atomic E-state index is -0.0455. The number of benzene rings is 1. The summed E-state index contributed by atoms with van der Waals surface area (Å²) in [6.45, 7) is 2.59. The molecule has 0 unspecified atom stereocenters. The molecule has 0 bridgehead atoms. The van der Waals surface area contributed by atoms with Crippen LogP contribution in [0.1, 0.15) is 60.5 Å². The van der Waals surface area contributed by atoms with Crippen molar-refractivity contribution in [3.8, 4) is 0 Å². The molecule has 3 nitrogen and oxygen atoms in total. The van der Waals surface area contributed by atoms with E-state index >= 15 is 0 Å². The zero-order valence-corrected chi connectivity index (χ0v) is 13.4. The van der Waals surface area contributed by atoms with Crippen molar-refractivity contribution >= 4 is 11.7 Å². The maximum Gasteiger partial charge on any atom is 0.220 e. The Hall–Kier alpha value is -1.90. The van der Waals surface area contributed by atoms with E-state index < -0.39 is 0 Å². The Balaban J connectivity index is 1.81. The fraction of sp³-hybridized carbons (Fsp3) is 0.474. The van der Waals surface area contributed by atoms with Crippen molar-refractivity contribution in [2.24, 2.45) is 0 Å². The molecule has 0 saturated heterocycles. The van der Waals surface area contributed by atoms with Gasteiger partial charge in [0.2, 0.25) is 5.91 Å². The van der Waals surface area contributed by atoms with Gasteiger partial charge in [0.15, 0.2) is 5.78 Å². The van der Waals surface area contributed by atoms with Gasteiger partial charge in [0.25, 0.3) is 0 Å². The summed E-state index contributed by atoms with van der Waals surface area (Å²) in [5.41, 5.74) is 3.44. The molecule has 3 heteroatoms.